The van der Waals surface area contributed by atoms with Gasteiger partial charge in [-0.15, -0.1) is 0 Å². The van der Waals surface area contributed by atoms with Crippen molar-refractivity contribution < 1.29 is 0 Å². The van der Waals surface area contributed by atoms with E-state index >= 15 is 0 Å². The van der Waals surface area contributed by atoms with Gasteiger partial charge in [-0.1, -0.05) is 189 Å². The van der Waals surface area contributed by atoms with Crippen molar-refractivity contribution in [2.75, 3.05) is 4.90 Å². The average Bonchev–Trinajstić information content (AvgIpc) is 3.71. The Kier molecular flexibility index (Phi) is 10.3. The van der Waals surface area contributed by atoms with Crippen molar-refractivity contribution in [3.8, 4) is 39.1 Å². The van der Waals surface area contributed by atoms with Gasteiger partial charge in [0.15, 0.2) is 0 Å². The van der Waals surface area contributed by atoms with E-state index in [0.717, 1.165) is 17.1 Å². The molecule has 1 aromatic heterocycles. The first-order valence-corrected chi connectivity index (χ1v) is 22.3. The van der Waals surface area contributed by atoms with E-state index in [1.807, 2.05) is 6.08 Å². The summed E-state index contributed by atoms with van der Waals surface area (Å²) in [5.74, 6) is 0. The maximum atomic E-state index is 4.31. The number of allylic oxidation sites excluding steroid dienone is 4. The minimum absolute atomic E-state index is 0.978. The molecule has 0 aliphatic heterocycles. The highest BCUT2D eigenvalue weighted by Gasteiger charge is 2.18. The van der Waals surface area contributed by atoms with Gasteiger partial charge in [0, 0.05) is 33.5 Å². The van der Waals surface area contributed by atoms with Crippen molar-refractivity contribution in [3.63, 3.8) is 0 Å². The Bertz CT molecular complexity index is 3520. The Morgan fingerprint density at radius 2 is 0.862 bits per heavy atom. The third kappa shape index (κ3) is 7.22. The molecule has 2 nitrogen and oxygen atoms in total. The molecule has 11 aromatic rings. The van der Waals surface area contributed by atoms with E-state index in [4.69, 9.17) is 0 Å². The number of rotatable bonds is 10. The zero-order valence-corrected chi connectivity index (χ0v) is 36.3. The van der Waals surface area contributed by atoms with Crippen LogP contribution in [0.15, 0.2) is 261 Å². The van der Waals surface area contributed by atoms with E-state index in [2.05, 4.69) is 266 Å². The van der Waals surface area contributed by atoms with Crippen molar-refractivity contribution >= 4 is 60.3 Å². The molecule has 10 aromatic carbocycles. The van der Waals surface area contributed by atoms with Crippen LogP contribution in [-0.4, -0.2) is 4.57 Å². The van der Waals surface area contributed by atoms with Crippen LogP contribution < -0.4 is 4.90 Å². The van der Waals surface area contributed by atoms with E-state index in [9.17, 15) is 0 Å². The molecule has 0 radical (unpaired) electrons. The highest BCUT2D eigenvalue weighted by atomic mass is 15.1. The predicted molar refractivity (Wildman–Crippen MR) is 279 cm³/mol. The SMILES string of the molecule is C=C/C(=C\C=C(/C)c1ccc(-c2ccc3c(c2)c2ccccc2n3-c2ccccc2)cc1)N(c1ccccc1)c1ccc(-c2c3ccccc3c(-c3ccccc3)c3ccccc23)cc1. The van der Waals surface area contributed by atoms with Crippen LogP contribution in [0.4, 0.5) is 11.4 Å². The topological polar surface area (TPSA) is 8.17 Å². The first-order chi connectivity index (χ1) is 32.1. The number of nitrogens with zero attached hydrogens (tertiary/aromatic N) is 2. The zero-order chi connectivity index (χ0) is 43.7. The lowest BCUT2D eigenvalue weighted by molar-refractivity contribution is 1.18. The second-order valence-corrected chi connectivity index (χ2v) is 16.6. The highest BCUT2D eigenvalue weighted by molar-refractivity contribution is 6.21. The Morgan fingerprint density at radius 1 is 0.400 bits per heavy atom. The van der Waals surface area contributed by atoms with Gasteiger partial charge < -0.3 is 9.47 Å². The molecule has 0 spiro atoms. The molecule has 1 heterocycles. The fourth-order valence-corrected chi connectivity index (χ4v) is 9.63. The summed E-state index contributed by atoms with van der Waals surface area (Å²) in [7, 11) is 0. The number of para-hydroxylation sites is 3. The molecule has 11 rings (SSSR count). The number of hydrogen-bond acceptors (Lipinski definition) is 1. The largest absolute Gasteiger partial charge is 0.311 e. The first kappa shape index (κ1) is 39.4. The van der Waals surface area contributed by atoms with Gasteiger partial charge in [0.2, 0.25) is 0 Å². The van der Waals surface area contributed by atoms with Gasteiger partial charge >= 0.3 is 0 Å². The molecule has 308 valence electrons. The Hall–Kier alpha value is -8.46. The molecule has 0 bridgehead atoms. The summed E-state index contributed by atoms with van der Waals surface area (Å²) in [6.45, 7) is 6.49. The van der Waals surface area contributed by atoms with Crippen LogP contribution in [0.5, 0.6) is 0 Å². The second kappa shape index (κ2) is 17.0. The number of benzene rings is 10. The lowest BCUT2D eigenvalue weighted by Gasteiger charge is -2.26. The molecule has 0 amide bonds. The normalized spacial score (nSPS) is 12.0. The maximum Gasteiger partial charge on any atom is 0.0541 e. The van der Waals surface area contributed by atoms with Crippen molar-refractivity contribution in [1.82, 2.24) is 4.57 Å². The van der Waals surface area contributed by atoms with Crippen LogP contribution in [0.1, 0.15) is 12.5 Å². The maximum absolute atomic E-state index is 4.31. The molecule has 0 atom stereocenters. The number of fused-ring (bicyclic) bond motifs is 5. The van der Waals surface area contributed by atoms with Gasteiger partial charge in [-0.2, -0.15) is 0 Å². The van der Waals surface area contributed by atoms with Gasteiger partial charge in [0.05, 0.1) is 11.0 Å². The summed E-state index contributed by atoms with van der Waals surface area (Å²) in [5.41, 5.74) is 16.3. The molecular formula is C63H46N2. The molecule has 0 saturated heterocycles. The summed E-state index contributed by atoms with van der Waals surface area (Å²) in [5, 5.41) is 7.49. The molecule has 0 fully saturated rings. The Labute approximate surface area is 380 Å². The lowest BCUT2D eigenvalue weighted by Crippen LogP contribution is -2.14. The van der Waals surface area contributed by atoms with E-state index in [-0.39, 0.29) is 0 Å². The second-order valence-electron chi connectivity index (χ2n) is 16.6. The summed E-state index contributed by atoms with van der Waals surface area (Å²) in [6.07, 6.45) is 6.33. The first-order valence-electron chi connectivity index (χ1n) is 22.3. The summed E-state index contributed by atoms with van der Waals surface area (Å²) >= 11 is 0. The third-order valence-corrected chi connectivity index (χ3v) is 12.8. The summed E-state index contributed by atoms with van der Waals surface area (Å²) in [4.78, 5) is 2.28. The van der Waals surface area contributed by atoms with Crippen LogP contribution in [-0.2, 0) is 0 Å². The minimum atomic E-state index is 0.978. The van der Waals surface area contributed by atoms with E-state index < -0.39 is 0 Å². The monoisotopic (exact) mass is 830 g/mol. The molecule has 0 N–H and O–H groups in total. The lowest BCUT2D eigenvalue weighted by atomic mass is 9.86. The van der Waals surface area contributed by atoms with Crippen LogP contribution in [0.3, 0.4) is 0 Å². The molecule has 0 saturated carbocycles. The molecule has 2 heteroatoms. The highest BCUT2D eigenvalue weighted by Crippen LogP contribution is 2.44. The zero-order valence-electron chi connectivity index (χ0n) is 36.3. The van der Waals surface area contributed by atoms with Gasteiger partial charge in [-0.05, 0) is 140 Å². The van der Waals surface area contributed by atoms with Crippen molar-refractivity contribution in [2.45, 2.75) is 6.92 Å². The van der Waals surface area contributed by atoms with Gasteiger partial charge in [-0.3, -0.25) is 0 Å². The predicted octanol–water partition coefficient (Wildman–Crippen LogP) is 17.4. The van der Waals surface area contributed by atoms with Crippen molar-refractivity contribution in [3.05, 3.63) is 267 Å². The van der Waals surface area contributed by atoms with Crippen molar-refractivity contribution in [1.29, 1.82) is 0 Å². The Balaban J connectivity index is 0.921. The van der Waals surface area contributed by atoms with E-state index in [1.165, 1.54) is 93.6 Å². The number of hydrogen-bond donors (Lipinski definition) is 0. The molecule has 65 heavy (non-hydrogen) atoms. The summed E-state index contributed by atoms with van der Waals surface area (Å²) in [6, 6.07) is 83.1. The van der Waals surface area contributed by atoms with Crippen LogP contribution in [0, 0.1) is 0 Å². The van der Waals surface area contributed by atoms with E-state index in [1.54, 1.807) is 0 Å². The van der Waals surface area contributed by atoms with Crippen molar-refractivity contribution in [2.24, 2.45) is 0 Å². The summed E-state index contributed by atoms with van der Waals surface area (Å²) < 4.78 is 2.36. The van der Waals surface area contributed by atoms with Crippen LogP contribution >= 0.6 is 0 Å². The Morgan fingerprint density at radius 3 is 1.46 bits per heavy atom. The molecule has 0 unspecified atom stereocenters. The fraction of sp³-hybridized carbons (Fsp3) is 0.0159. The van der Waals surface area contributed by atoms with Gasteiger partial charge in [-0.25, -0.2) is 0 Å². The van der Waals surface area contributed by atoms with E-state index in [0.29, 0.717) is 0 Å². The number of aromatic nitrogens is 1. The molecular weight excluding hydrogens is 785 g/mol. The average molecular weight is 831 g/mol. The standard InChI is InChI=1S/C63H46N2/c1-3-50(39-31-44(2)45-32-34-46(35-33-45)49-38-42-61-59(43-49)54-25-17-18-30-60(54)65(61)52-23-11-6-12-24-52)64(51-21-9-5-10-22-51)53-40-36-48(37-41-53)63-57-28-15-13-26-55(57)62(47-19-7-4-8-20-47)56-27-14-16-29-58(56)63/h3-43H,1H2,2H3/b44-31+,50-39+. The fourth-order valence-electron chi connectivity index (χ4n) is 9.63. The quantitative estimate of drug-likeness (QED) is 0.0985. The number of anilines is 2. The molecule has 0 aliphatic carbocycles. The van der Waals surface area contributed by atoms with Crippen LogP contribution in [0.25, 0.3) is 88.0 Å². The smallest absolute Gasteiger partial charge is 0.0541 e. The van der Waals surface area contributed by atoms with Gasteiger partial charge in [0.25, 0.3) is 0 Å². The van der Waals surface area contributed by atoms with Crippen LogP contribution in [0.2, 0.25) is 0 Å². The third-order valence-electron chi connectivity index (χ3n) is 12.8. The minimum Gasteiger partial charge on any atom is -0.311 e. The molecule has 0 aliphatic rings. The van der Waals surface area contributed by atoms with Gasteiger partial charge in [0.1, 0.15) is 0 Å².